The summed E-state index contributed by atoms with van der Waals surface area (Å²) in [4.78, 5) is 22.9. The Balaban J connectivity index is 1.47. The van der Waals surface area contributed by atoms with Crippen LogP contribution >= 0.6 is 11.6 Å². The second kappa shape index (κ2) is 7.31. The van der Waals surface area contributed by atoms with E-state index in [1.807, 2.05) is 18.2 Å². The van der Waals surface area contributed by atoms with Crippen LogP contribution in [0, 0.1) is 5.82 Å². The molecular weight excluding hydrogens is 419 g/mol. The Labute approximate surface area is 182 Å². The average Bonchev–Trinajstić information content (AvgIpc) is 3.33. The number of nitrogens with zero attached hydrogens (tertiary/aromatic N) is 5. The number of nitrogens with two attached hydrogens (primary N) is 1. The first-order valence-corrected chi connectivity index (χ1v) is 10.1. The number of rotatable bonds is 3. The number of fused-ring (bicyclic) bond motifs is 2. The summed E-state index contributed by atoms with van der Waals surface area (Å²) in [6, 6.07) is 10.5. The molecule has 0 spiro atoms. The predicted molar refractivity (Wildman–Crippen MR) is 117 cm³/mol. The van der Waals surface area contributed by atoms with Gasteiger partial charge in [0.15, 0.2) is 5.65 Å². The van der Waals surface area contributed by atoms with Gasteiger partial charge in [0.05, 0.1) is 16.8 Å². The van der Waals surface area contributed by atoms with Crippen LogP contribution in [0.4, 0.5) is 15.9 Å². The van der Waals surface area contributed by atoms with Crippen LogP contribution < -0.4 is 10.6 Å². The third kappa shape index (κ3) is 3.19. The molecule has 0 fully saturated rings. The Morgan fingerprint density at radius 2 is 2.10 bits per heavy atom. The fraction of sp³-hybridized carbons (Fsp3) is 0.182. The molecule has 0 aliphatic carbocycles. The second-order valence-electron chi connectivity index (χ2n) is 7.46. The van der Waals surface area contributed by atoms with Gasteiger partial charge >= 0.3 is 0 Å². The van der Waals surface area contributed by atoms with Gasteiger partial charge in [-0.15, -0.1) is 0 Å². The highest BCUT2D eigenvalue weighted by Crippen LogP contribution is 2.35. The number of benzene rings is 2. The van der Waals surface area contributed by atoms with Gasteiger partial charge in [0, 0.05) is 24.8 Å². The largest absolute Gasteiger partial charge is 0.383 e. The summed E-state index contributed by atoms with van der Waals surface area (Å²) in [6.07, 6.45) is 2.06. The van der Waals surface area contributed by atoms with Crippen LogP contribution in [0.25, 0.3) is 22.3 Å². The molecule has 0 saturated carbocycles. The van der Waals surface area contributed by atoms with Crippen LogP contribution in [0.1, 0.15) is 11.1 Å². The van der Waals surface area contributed by atoms with E-state index in [0.717, 1.165) is 16.8 Å². The average molecular weight is 437 g/mol. The Morgan fingerprint density at radius 3 is 2.94 bits per heavy atom. The fourth-order valence-corrected chi connectivity index (χ4v) is 4.26. The molecule has 4 aromatic rings. The zero-order valence-electron chi connectivity index (χ0n) is 16.6. The van der Waals surface area contributed by atoms with Crippen LogP contribution in [0.2, 0.25) is 5.02 Å². The molecule has 2 N–H and O–H groups in total. The highest BCUT2D eigenvalue weighted by Gasteiger charge is 2.26. The van der Waals surface area contributed by atoms with Crippen molar-refractivity contribution in [2.45, 2.75) is 12.8 Å². The summed E-state index contributed by atoms with van der Waals surface area (Å²) in [5.74, 6) is -0.350. The van der Waals surface area contributed by atoms with Crippen LogP contribution in [-0.2, 0) is 24.7 Å². The molecular formula is C22H18ClFN6O. The summed E-state index contributed by atoms with van der Waals surface area (Å²) in [5, 5.41) is 5.29. The second-order valence-corrected chi connectivity index (χ2v) is 7.87. The highest BCUT2D eigenvalue weighted by molar-refractivity contribution is 6.30. The zero-order chi connectivity index (χ0) is 21.7. The molecule has 3 heterocycles. The maximum absolute atomic E-state index is 14.2. The normalized spacial score (nSPS) is 13.1. The van der Waals surface area contributed by atoms with Crippen LogP contribution in [0.5, 0.6) is 0 Å². The summed E-state index contributed by atoms with van der Waals surface area (Å²) in [5.41, 5.74) is 10.4. The number of aromatic nitrogens is 4. The summed E-state index contributed by atoms with van der Waals surface area (Å²) in [7, 11) is 1.81. The van der Waals surface area contributed by atoms with Crippen LogP contribution in [-0.4, -0.2) is 32.2 Å². The minimum absolute atomic E-state index is 0.0163. The number of carbonyl (C=O) groups excluding carboxylic acids is 1. The Morgan fingerprint density at radius 1 is 1.26 bits per heavy atom. The Bertz CT molecular complexity index is 1350. The molecule has 2 aromatic carbocycles. The number of nitrogen functional groups attached to an aromatic ring is 1. The standard InChI is InChI=1S/C22H18ClFN6O/c1-29-22-18(21(25)26-11-27-22)20(28-29)14-5-6-16-12(9-14)7-8-30(16)17(31)10-13-3-2-4-15(23)19(13)24/h2-6,9,11H,7-8,10H2,1H3,(H2,25,26,27). The Kier molecular flexibility index (Phi) is 4.59. The van der Waals surface area contributed by atoms with Gasteiger partial charge in [-0.05, 0) is 35.7 Å². The first kappa shape index (κ1) is 19.4. The van der Waals surface area contributed by atoms with Crippen molar-refractivity contribution in [3.05, 3.63) is 64.7 Å². The molecule has 9 heteroatoms. The van der Waals surface area contributed by atoms with Crippen molar-refractivity contribution in [1.29, 1.82) is 0 Å². The van der Waals surface area contributed by atoms with Crippen molar-refractivity contribution in [3.8, 4) is 11.3 Å². The number of halogens is 2. The van der Waals surface area contributed by atoms with Crippen molar-refractivity contribution in [2.75, 3.05) is 17.2 Å². The van der Waals surface area contributed by atoms with E-state index in [-0.39, 0.29) is 22.9 Å². The lowest BCUT2D eigenvalue weighted by molar-refractivity contribution is -0.117. The van der Waals surface area contributed by atoms with Crippen molar-refractivity contribution < 1.29 is 9.18 Å². The summed E-state index contributed by atoms with van der Waals surface area (Å²) >= 11 is 5.84. The van der Waals surface area contributed by atoms with Crippen LogP contribution in [0.15, 0.2) is 42.7 Å². The lowest BCUT2D eigenvalue weighted by atomic mass is 10.0. The van der Waals surface area contributed by atoms with Gasteiger partial charge in [0.25, 0.3) is 0 Å². The van der Waals surface area contributed by atoms with Gasteiger partial charge in [0.1, 0.15) is 23.7 Å². The minimum atomic E-state index is -0.547. The lowest BCUT2D eigenvalue weighted by Gasteiger charge is -2.18. The van der Waals surface area contributed by atoms with Crippen molar-refractivity contribution in [1.82, 2.24) is 19.7 Å². The number of amides is 1. The maximum atomic E-state index is 14.2. The highest BCUT2D eigenvalue weighted by atomic mass is 35.5. The van der Waals surface area contributed by atoms with E-state index in [2.05, 4.69) is 15.1 Å². The number of aryl methyl sites for hydroxylation is 1. The van der Waals surface area contributed by atoms with E-state index >= 15 is 0 Å². The topological polar surface area (TPSA) is 89.9 Å². The fourth-order valence-electron chi connectivity index (χ4n) is 4.06. The monoisotopic (exact) mass is 436 g/mol. The van der Waals surface area contributed by atoms with Crippen LogP contribution in [0.3, 0.4) is 0 Å². The molecule has 7 nitrogen and oxygen atoms in total. The van der Waals surface area contributed by atoms with Gasteiger partial charge < -0.3 is 10.6 Å². The first-order valence-electron chi connectivity index (χ1n) is 9.73. The molecule has 1 aliphatic rings. The number of hydrogen-bond donors (Lipinski definition) is 1. The Hall–Kier alpha value is -3.52. The molecule has 156 valence electrons. The molecule has 0 bridgehead atoms. The summed E-state index contributed by atoms with van der Waals surface area (Å²) in [6.45, 7) is 0.536. The molecule has 0 unspecified atom stereocenters. The predicted octanol–water partition coefficient (Wildman–Crippen LogP) is 3.54. The SMILES string of the molecule is Cn1nc(-c2ccc3c(c2)CCN3C(=O)Cc2cccc(Cl)c2F)c2c(N)ncnc21. The third-order valence-corrected chi connectivity index (χ3v) is 5.86. The van der Waals surface area contributed by atoms with Gasteiger partial charge in [-0.1, -0.05) is 29.8 Å². The van der Waals surface area contributed by atoms with E-state index in [1.165, 1.54) is 12.4 Å². The van der Waals surface area contributed by atoms with Crippen molar-refractivity contribution in [2.24, 2.45) is 7.05 Å². The molecule has 31 heavy (non-hydrogen) atoms. The van der Waals surface area contributed by atoms with E-state index < -0.39 is 5.82 Å². The van der Waals surface area contributed by atoms with E-state index in [0.29, 0.717) is 35.5 Å². The van der Waals surface area contributed by atoms with Gasteiger partial charge in [-0.25, -0.2) is 19.0 Å². The van der Waals surface area contributed by atoms with Gasteiger partial charge in [0.2, 0.25) is 5.91 Å². The van der Waals surface area contributed by atoms with E-state index in [1.54, 1.807) is 28.8 Å². The zero-order valence-corrected chi connectivity index (χ0v) is 17.4. The molecule has 5 rings (SSSR count). The van der Waals surface area contributed by atoms with Gasteiger partial charge in [-0.3, -0.25) is 4.79 Å². The van der Waals surface area contributed by atoms with E-state index in [9.17, 15) is 9.18 Å². The summed E-state index contributed by atoms with van der Waals surface area (Å²) < 4.78 is 15.9. The molecule has 1 amide bonds. The lowest BCUT2D eigenvalue weighted by Crippen LogP contribution is -2.30. The smallest absolute Gasteiger partial charge is 0.231 e. The molecule has 0 atom stereocenters. The van der Waals surface area contributed by atoms with Crippen molar-refractivity contribution >= 4 is 40.0 Å². The third-order valence-electron chi connectivity index (χ3n) is 5.57. The van der Waals surface area contributed by atoms with E-state index in [4.69, 9.17) is 17.3 Å². The molecule has 2 aromatic heterocycles. The van der Waals surface area contributed by atoms with Crippen molar-refractivity contribution in [3.63, 3.8) is 0 Å². The van der Waals surface area contributed by atoms with Gasteiger partial charge in [-0.2, -0.15) is 5.10 Å². The maximum Gasteiger partial charge on any atom is 0.231 e. The molecule has 0 saturated heterocycles. The molecule has 1 aliphatic heterocycles. The number of hydrogen-bond acceptors (Lipinski definition) is 5. The first-order chi connectivity index (χ1) is 14.9. The number of anilines is 2. The number of carbonyl (C=O) groups is 1. The molecule has 0 radical (unpaired) electrons. The minimum Gasteiger partial charge on any atom is -0.383 e. The quantitative estimate of drug-likeness (QED) is 0.530.